The summed E-state index contributed by atoms with van der Waals surface area (Å²) in [6.45, 7) is 7.05. The van der Waals surface area contributed by atoms with Crippen molar-refractivity contribution in [2.24, 2.45) is 0 Å². The minimum atomic E-state index is 0.0958. The van der Waals surface area contributed by atoms with Crippen LogP contribution in [0.5, 0.6) is 5.75 Å². The molecule has 0 unspecified atom stereocenters. The van der Waals surface area contributed by atoms with Crippen molar-refractivity contribution in [2.75, 3.05) is 6.61 Å². The van der Waals surface area contributed by atoms with Gasteiger partial charge in [-0.1, -0.05) is 42.0 Å². The van der Waals surface area contributed by atoms with Gasteiger partial charge in [0.15, 0.2) is 0 Å². The van der Waals surface area contributed by atoms with Crippen LogP contribution in [-0.4, -0.2) is 11.7 Å². The summed E-state index contributed by atoms with van der Waals surface area (Å²) in [5.41, 5.74) is 5.83. The molecule has 2 heteroatoms. The van der Waals surface area contributed by atoms with Gasteiger partial charge in [0.2, 0.25) is 0 Å². The third-order valence-electron chi connectivity index (χ3n) is 3.45. The standard InChI is InChI=1S/C18H22O2/c1-13-10-14(2)18(15(3)11-13)20-9-8-16-4-6-17(12-19)7-5-16/h4-7,10-11,19H,8-9,12H2,1-3H3. The Morgan fingerprint density at radius 2 is 1.45 bits per heavy atom. The molecule has 0 saturated carbocycles. The van der Waals surface area contributed by atoms with E-state index in [9.17, 15) is 0 Å². The first-order chi connectivity index (χ1) is 9.60. The van der Waals surface area contributed by atoms with E-state index >= 15 is 0 Å². The Morgan fingerprint density at radius 1 is 0.900 bits per heavy atom. The molecule has 20 heavy (non-hydrogen) atoms. The highest BCUT2D eigenvalue weighted by atomic mass is 16.5. The molecule has 0 fully saturated rings. The molecule has 0 saturated heterocycles. The van der Waals surface area contributed by atoms with Crippen LogP contribution in [0.1, 0.15) is 27.8 Å². The summed E-state index contributed by atoms with van der Waals surface area (Å²) >= 11 is 0. The van der Waals surface area contributed by atoms with Crippen LogP contribution in [0.4, 0.5) is 0 Å². The highest BCUT2D eigenvalue weighted by Gasteiger charge is 2.05. The average molecular weight is 270 g/mol. The minimum Gasteiger partial charge on any atom is -0.493 e. The summed E-state index contributed by atoms with van der Waals surface area (Å²) in [6.07, 6.45) is 0.873. The van der Waals surface area contributed by atoms with Crippen LogP contribution >= 0.6 is 0 Å². The molecule has 0 aliphatic carbocycles. The van der Waals surface area contributed by atoms with E-state index in [2.05, 4.69) is 32.9 Å². The molecule has 0 spiro atoms. The van der Waals surface area contributed by atoms with E-state index in [1.165, 1.54) is 22.3 Å². The average Bonchev–Trinajstić information content (AvgIpc) is 2.42. The highest BCUT2D eigenvalue weighted by Crippen LogP contribution is 2.24. The van der Waals surface area contributed by atoms with Crippen LogP contribution in [-0.2, 0) is 13.0 Å². The number of hydrogen-bond acceptors (Lipinski definition) is 2. The van der Waals surface area contributed by atoms with Gasteiger partial charge >= 0.3 is 0 Å². The van der Waals surface area contributed by atoms with E-state index in [1.54, 1.807) is 0 Å². The van der Waals surface area contributed by atoms with Gasteiger partial charge in [-0.25, -0.2) is 0 Å². The van der Waals surface area contributed by atoms with Gasteiger partial charge in [0.05, 0.1) is 13.2 Å². The Bertz CT molecular complexity index is 547. The first-order valence-corrected chi connectivity index (χ1v) is 6.99. The Labute approximate surface area is 121 Å². The molecule has 2 aromatic carbocycles. The zero-order valence-electron chi connectivity index (χ0n) is 12.4. The lowest BCUT2D eigenvalue weighted by Crippen LogP contribution is -2.04. The molecular formula is C18H22O2. The largest absolute Gasteiger partial charge is 0.493 e. The smallest absolute Gasteiger partial charge is 0.125 e. The molecule has 2 nitrogen and oxygen atoms in total. The Kier molecular flexibility index (Phi) is 4.80. The van der Waals surface area contributed by atoms with Crippen molar-refractivity contribution >= 4 is 0 Å². The molecular weight excluding hydrogens is 248 g/mol. The summed E-state index contributed by atoms with van der Waals surface area (Å²) in [5, 5.41) is 9.01. The molecule has 0 aromatic heterocycles. The normalized spacial score (nSPS) is 10.6. The summed E-state index contributed by atoms with van der Waals surface area (Å²) in [6, 6.07) is 12.3. The maximum Gasteiger partial charge on any atom is 0.125 e. The van der Waals surface area contributed by atoms with E-state index in [0.29, 0.717) is 6.61 Å². The molecule has 2 aromatic rings. The number of aryl methyl sites for hydroxylation is 3. The van der Waals surface area contributed by atoms with E-state index in [-0.39, 0.29) is 6.61 Å². The zero-order valence-corrected chi connectivity index (χ0v) is 12.4. The van der Waals surface area contributed by atoms with Crippen molar-refractivity contribution < 1.29 is 9.84 Å². The Hall–Kier alpha value is -1.80. The summed E-state index contributed by atoms with van der Waals surface area (Å²) in [7, 11) is 0. The lowest BCUT2D eigenvalue weighted by Gasteiger charge is -2.13. The van der Waals surface area contributed by atoms with Gasteiger partial charge in [-0.3, -0.25) is 0 Å². The van der Waals surface area contributed by atoms with Crippen LogP contribution in [0.2, 0.25) is 0 Å². The SMILES string of the molecule is Cc1cc(C)c(OCCc2ccc(CO)cc2)c(C)c1. The molecule has 0 radical (unpaired) electrons. The number of hydrogen-bond donors (Lipinski definition) is 1. The van der Waals surface area contributed by atoms with Gasteiger partial charge < -0.3 is 9.84 Å². The van der Waals surface area contributed by atoms with Crippen molar-refractivity contribution in [2.45, 2.75) is 33.8 Å². The first kappa shape index (κ1) is 14.6. The molecule has 0 amide bonds. The van der Waals surface area contributed by atoms with Gasteiger partial charge in [0.25, 0.3) is 0 Å². The van der Waals surface area contributed by atoms with Crippen LogP contribution in [0.15, 0.2) is 36.4 Å². The highest BCUT2D eigenvalue weighted by molar-refractivity contribution is 5.43. The van der Waals surface area contributed by atoms with Crippen molar-refractivity contribution in [1.82, 2.24) is 0 Å². The van der Waals surface area contributed by atoms with Gasteiger partial charge in [0, 0.05) is 6.42 Å². The second-order valence-corrected chi connectivity index (χ2v) is 5.30. The first-order valence-electron chi connectivity index (χ1n) is 6.99. The summed E-state index contributed by atoms with van der Waals surface area (Å²) in [5.74, 6) is 1.00. The van der Waals surface area contributed by atoms with Crippen LogP contribution in [0, 0.1) is 20.8 Å². The van der Waals surface area contributed by atoms with Gasteiger partial charge in [-0.15, -0.1) is 0 Å². The second-order valence-electron chi connectivity index (χ2n) is 5.30. The van der Waals surface area contributed by atoms with Crippen molar-refractivity contribution in [3.05, 3.63) is 64.2 Å². The molecule has 0 aliphatic rings. The topological polar surface area (TPSA) is 29.5 Å². The third-order valence-corrected chi connectivity index (χ3v) is 3.45. The van der Waals surface area contributed by atoms with Crippen molar-refractivity contribution in [3.63, 3.8) is 0 Å². The number of aliphatic hydroxyl groups is 1. The molecule has 0 bridgehead atoms. The lowest BCUT2D eigenvalue weighted by atomic mass is 10.1. The van der Waals surface area contributed by atoms with E-state index in [1.807, 2.05) is 24.3 Å². The number of benzene rings is 2. The fraction of sp³-hybridized carbons (Fsp3) is 0.333. The van der Waals surface area contributed by atoms with Gasteiger partial charge in [-0.2, -0.15) is 0 Å². The number of ether oxygens (including phenoxy) is 1. The molecule has 0 atom stereocenters. The molecule has 0 aliphatic heterocycles. The Morgan fingerprint density at radius 3 is 2.00 bits per heavy atom. The maximum absolute atomic E-state index is 9.01. The van der Waals surface area contributed by atoms with Crippen LogP contribution < -0.4 is 4.74 Å². The van der Waals surface area contributed by atoms with Crippen LogP contribution in [0.25, 0.3) is 0 Å². The number of aliphatic hydroxyl groups excluding tert-OH is 1. The zero-order chi connectivity index (χ0) is 14.5. The second kappa shape index (κ2) is 6.58. The fourth-order valence-electron chi connectivity index (χ4n) is 2.48. The third kappa shape index (κ3) is 3.61. The van der Waals surface area contributed by atoms with Gasteiger partial charge in [-0.05, 0) is 43.0 Å². The minimum absolute atomic E-state index is 0.0958. The van der Waals surface area contributed by atoms with Gasteiger partial charge in [0.1, 0.15) is 5.75 Å². The maximum atomic E-state index is 9.01. The monoisotopic (exact) mass is 270 g/mol. The molecule has 106 valence electrons. The summed E-state index contributed by atoms with van der Waals surface area (Å²) < 4.78 is 5.93. The predicted octanol–water partition coefficient (Wildman–Crippen LogP) is 3.73. The summed E-state index contributed by atoms with van der Waals surface area (Å²) in [4.78, 5) is 0. The van der Waals surface area contributed by atoms with E-state index < -0.39 is 0 Å². The van der Waals surface area contributed by atoms with E-state index in [4.69, 9.17) is 9.84 Å². The molecule has 0 heterocycles. The lowest BCUT2D eigenvalue weighted by molar-refractivity contribution is 0.282. The number of rotatable bonds is 5. The quantitative estimate of drug-likeness (QED) is 0.897. The van der Waals surface area contributed by atoms with Crippen molar-refractivity contribution in [1.29, 1.82) is 0 Å². The Balaban J connectivity index is 1.95. The van der Waals surface area contributed by atoms with Crippen molar-refractivity contribution in [3.8, 4) is 5.75 Å². The molecule has 1 N–H and O–H groups in total. The predicted molar refractivity (Wildman–Crippen MR) is 82.2 cm³/mol. The van der Waals surface area contributed by atoms with Crippen LogP contribution in [0.3, 0.4) is 0 Å². The fourth-order valence-corrected chi connectivity index (χ4v) is 2.48. The molecule has 2 rings (SSSR count). The van der Waals surface area contributed by atoms with E-state index in [0.717, 1.165) is 17.7 Å².